The highest BCUT2D eigenvalue weighted by atomic mass is 35.5. The smallest absolute Gasteiger partial charge is 0.0488 e. The number of benzene rings is 1. The van der Waals surface area contributed by atoms with Gasteiger partial charge in [-0.2, -0.15) is 0 Å². The number of hydrogen-bond acceptors (Lipinski definition) is 2. The molecule has 0 spiro atoms. The molecule has 1 atom stereocenters. The van der Waals surface area contributed by atoms with E-state index in [1.165, 1.54) is 18.4 Å². The van der Waals surface area contributed by atoms with Gasteiger partial charge in [-0.3, -0.25) is 11.3 Å². The molecule has 1 saturated carbocycles. The molecule has 0 heterocycles. The highest BCUT2D eigenvalue weighted by Gasteiger charge is 2.31. The fraction of sp³-hybridized carbons (Fsp3) is 0.400. The molecule has 3 N–H and O–H groups in total. The molecule has 1 aromatic carbocycles. The molecular weight excluding hydrogens is 184 g/mol. The standard InChI is InChI=1S/C10H13ClN2/c11-9-5-3-8(4-6-9)10(13-12)7-1-2-7/h3-7,10,13H,1-2,12H2/t10-/m1/s1. The van der Waals surface area contributed by atoms with E-state index in [2.05, 4.69) is 5.43 Å². The Bertz CT molecular complexity index is 279. The van der Waals surface area contributed by atoms with Crippen LogP contribution in [0.5, 0.6) is 0 Å². The molecule has 2 nitrogen and oxygen atoms in total. The van der Waals surface area contributed by atoms with Crippen molar-refractivity contribution in [1.29, 1.82) is 0 Å². The maximum absolute atomic E-state index is 5.80. The van der Waals surface area contributed by atoms with Crippen LogP contribution in [-0.2, 0) is 0 Å². The van der Waals surface area contributed by atoms with Crippen molar-refractivity contribution >= 4 is 11.6 Å². The van der Waals surface area contributed by atoms with Crippen molar-refractivity contribution in [3.05, 3.63) is 34.9 Å². The Morgan fingerprint density at radius 3 is 2.38 bits per heavy atom. The zero-order valence-corrected chi connectivity index (χ0v) is 8.09. The molecule has 1 aliphatic carbocycles. The summed E-state index contributed by atoms with van der Waals surface area (Å²) in [6.07, 6.45) is 2.55. The Kier molecular flexibility index (Phi) is 2.54. The molecule has 1 fully saturated rings. The van der Waals surface area contributed by atoms with E-state index in [1.807, 2.05) is 24.3 Å². The van der Waals surface area contributed by atoms with E-state index in [9.17, 15) is 0 Å². The molecular formula is C10H13ClN2. The molecule has 1 aromatic rings. The van der Waals surface area contributed by atoms with Crippen LogP contribution in [0.4, 0.5) is 0 Å². The summed E-state index contributed by atoms with van der Waals surface area (Å²) in [5, 5.41) is 0.773. The van der Waals surface area contributed by atoms with Gasteiger partial charge >= 0.3 is 0 Å². The van der Waals surface area contributed by atoms with Gasteiger partial charge in [0.25, 0.3) is 0 Å². The summed E-state index contributed by atoms with van der Waals surface area (Å²) in [6.45, 7) is 0. The number of nitrogens with two attached hydrogens (primary N) is 1. The third-order valence-electron chi connectivity index (χ3n) is 2.50. The molecule has 0 aliphatic heterocycles. The molecule has 13 heavy (non-hydrogen) atoms. The molecule has 0 bridgehead atoms. The molecule has 70 valence electrons. The number of nitrogens with one attached hydrogen (secondary N) is 1. The van der Waals surface area contributed by atoms with Crippen LogP contribution >= 0.6 is 11.6 Å². The van der Waals surface area contributed by atoms with Gasteiger partial charge in [-0.15, -0.1) is 0 Å². The minimum atomic E-state index is 0.303. The van der Waals surface area contributed by atoms with E-state index in [1.54, 1.807) is 0 Å². The van der Waals surface area contributed by atoms with Gasteiger partial charge in [0.15, 0.2) is 0 Å². The molecule has 2 rings (SSSR count). The van der Waals surface area contributed by atoms with Crippen LogP contribution in [0.2, 0.25) is 5.02 Å². The molecule has 0 amide bonds. The number of hydrazine groups is 1. The molecule has 3 heteroatoms. The average molecular weight is 197 g/mol. The van der Waals surface area contributed by atoms with Crippen LogP contribution < -0.4 is 11.3 Å². The monoisotopic (exact) mass is 196 g/mol. The van der Waals surface area contributed by atoms with Crippen LogP contribution in [-0.4, -0.2) is 0 Å². The lowest BCUT2D eigenvalue weighted by molar-refractivity contribution is 0.497. The lowest BCUT2D eigenvalue weighted by Gasteiger charge is -2.14. The fourth-order valence-corrected chi connectivity index (χ4v) is 1.73. The Labute approximate surface area is 83.0 Å². The van der Waals surface area contributed by atoms with Gasteiger partial charge in [-0.25, -0.2) is 0 Å². The first kappa shape index (κ1) is 9.00. The van der Waals surface area contributed by atoms with Crippen LogP contribution in [0.3, 0.4) is 0 Å². The molecule has 1 aliphatic rings. The SMILES string of the molecule is NN[C@@H](c1ccc(Cl)cc1)C1CC1. The van der Waals surface area contributed by atoms with Gasteiger partial charge in [-0.05, 0) is 36.5 Å². The minimum Gasteiger partial charge on any atom is -0.271 e. The van der Waals surface area contributed by atoms with Gasteiger partial charge in [0.05, 0.1) is 0 Å². The quantitative estimate of drug-likeness (QED) is 0.575. The van der Waals surface area contributed by atoms with Crippen LogP contribution in [0, 0.1) is 5.92 Å². The highest BCUT2D eigenvalue weighted by molar-refractivity contribution is 6.30. The Morgan fingerprint density at radius 1 is 1.31 bits per heavy atom. The van der Waals surface area contributed by atoms with E-state index >= 15 is 0 Å². The Hall–Kier alpha value is -0.570. The van der Waals surface area contributed by atoms with Crippen molar-refractivity contribution in [3.8, 4) is 0 Å². The van der Waals surface area contributed by atoms with Crippen LogP contribution in [0.25, 0.3) is 0 Å². The third-order valence-corrected chi connectivity index (χ3v) is 2.75. The predicted octanol–water partition coefficient (Wildman–Crippen LogP) is 2.25. The summed E-state index contributed by atoms with van der Waals surface area (Å²) in [7, 11) is 0. The summed E-state index contributed by atoms with van der Waals surface area (Å²) in [6, 6.07) is 8.18. The van der Waals surface area contributed by atoms with Crippen molar-refractivity contribution in [3.63, 3.8) is 0 Å². The van der Waals surface area contributed by atoms with Crippen LogP contribution in [0.1, 0.15) is 24.4 Å². The van der Waals surface area contributed by atoms with Crippen molar-refractivity contribution in [2.24, 2.45) is 11.8 Å². The topological polar surface area (TPSA) is 38.0 Å². The van der Waals surface area contributed by atoms with Crippen molar-refractivity contribution in [2.75, 3.05) is 0 Å². The highest BCUT2D eigenvalue weighted by Crippen LogP contribution is 2.40. The van der Waals surface area contributed by atoms with E-state index in [-0.39, 0.29) is 0 Å². The zero-order chi connectivity index (χ0) is 9.26. The maximum Gasteiger partial charge on any atom is 0.0488 e. The largest absolute Gasteiger partial charge is 0.271 e. The minimum absolute atomic E-state index is 0.303. The second kappa shape index (κ2) is 3.66. The second-order valence-corrected chi connectivity index (χ2v) is 3.97. The molecule has 0 saturated heterocycles. The Balaban J connectivity index is 2.17. The second-order valence-electron chi connectivity index (χ2n) is 3.53. The summed E-state index contributed by atoms with van der Waals surface area (Å²) < 4.78 is 0. The van der Waals surface area contributed by atoms with Crippen LogP contribution in [0.15, 0.2) is 24.3 Å². The van der Waals surface area contributed by atoms with Gasteiger partial charge in [0.2, 0.25) is 0 Å². The number of hydrogen-bond donors (Lipinski definition) is 2. The van der Waals surface area contributed by atoms with Gasteiger partial charge in [-0.1, -0.05) is 23.7 Å². The summed E-state index contributed by atoms with van der Waals surface area (Å²) >= 11 is 5.80. The van der Waals surface area contributed by atoms with E-state index in [0.717, 1.165) is 5.02 Å². The molecule has 0 radical (unpaired) electrons. The normalized spacial score (nSPS) is 18.6. The van der Waals surface area contributed by atoms with Crippen molar-refractivity contribution in [1.82, 2.24) is 5.43 Å². The van der Waals surface area contributed by atoms with Gasteiger partial charge in [0.1, 0.15) is 0 Å². The van der Waals surface area contributed by atoms with E-state index < -0.39 is 0 Å². The summed E-state index contributed by atoms with van der Waals surface area (Å²) in [4.78, 5) is 0. The first-order valence-corrected chi connectivity index (χ1v) is 4.90. The average Bonchev–Trinajstić information content (AvgIpc) is 2.93. The maximum atomic E-state index is 5.80. The fourth-order valence-electron chi connectivity index (χ4n) is 1.60. The first-order chi connectivity index (χ1) is 6.31. The summed E-state index contributed by atoms with van der Waals surface area (Å²) in [5.41, 5.74) is 4.09. The number of halogens is 1. The predicted molar refractivity (Wildman–Crippen MR) is 54.2 cm³/mol. The van der Waals surface area contributed by atoms with Gasteiger partial charge in [0, 0.05) is 11.1 Å². The lowest BCUT2D eigenvalue weighted by Crippen LogP contribution is -2.29. The van der Waals surface area contributed by atoms with E-state index in [4.69, 9.17) is 17.4 Å². The molecule has 0 aromatic heterocycles. The van der Waals surface area contributed by atoms with Crippen molar-refractivity contribution in [2.45, 2.75) is 18.9 Å². The van der Waals surface area contributed by atoms with Crippen molar-refractivity contribution < 1.29 is 0 Å². The van der Waals surface area contributed by atoms with E-state index in [0.29, 0.717) is 12.0 Å². The summed E-state index contributed by atoms with van der Waals surface area (Å²) in [5.74, 6) is 6.21. The lowest BCUT2D eigenvalue weighted by atomic mass is 10.0. The molecule has 0 unspecified atom stereocenters. The first-order valence-electron chi connectivity index (χ1n) is 4.53. The van der Waals surface area contributed by atoms with Gasteiger partial charge < -0.3 is 0 Å². The number of rotatable bonds is 3. The zero-order valence-electron chi connectivity index (χ0n) is 7.33. The Morgan fingerprint density at radius 2 is 1.92 bits per heavy atom. The third kappa shape index (κ3) is 2.02.